The zero-order valence-corrected chi connectivity index (χ0v) is 20.4. The molecule has 0 unspecified atom stereocenters. The molecule has 2 amide bonds. The van der Waals surface area contributed by atoms with Crippen molar-refractivity contribution in [2.24, 2.45) is 0 Å². The van der Waals surface area contributed by atoms with Gasteiger partial charge in [0.2, 0.25) is 0 Å². The van der Waals surface area contributed by atoms with E-state index in [1.807, 2.05) is 6.07 Å². The Morgan fingerprint density at radius 3 is 2.35 bits per heavy atom. The van der Waals surface area contributed by atoms with Crippen molar-refractivity contribution in [2.75, 3.05) is 17.2 Å². The predicted molar refractivity (Wildman–Crippen MR) is 135 cm³/mol. The summed E-state index contributed by atoms with van der Waals surface area (Å²) in [5.41, 5.74) is 1.37. The molecule has 3 rings (SSSR count). The molecule has 0 fully saturated rings. The van der Waals surface area contributed by atoms with Gasteiger partial charge in [-0.1, -0.05) is 29.3 Å². The van der Waals surface area contributed by atoms with Crippen LogP contribution < -0.4 is 15.4 Å². The van der Waals surface area contributed by atoms with Gasteiger partial charge >= 0.3 is 0 Å². The van der Waals surface area contributed by atoms with Crippen molar-refractivity contribution in [3.63, 3.8) is 0 Å². The molecule has 3 aromatic rings. The summed E-state index contributed by atoms with van der Waals surface area (Å²) in [6.07, 6.45) is 1.42. The van der Waals surface area contributed by atoms with Crippen molar-refractivity contribution in [3.8, 4) is 17.6 Å². The van der Waals surface area contributed by atoms with Crippen molar-refractivity contribution >= 4 is 68.4 Å². The Labute approximate surface area is 213 Å². The molecule has 172 valence electrons. The zero-order valence-electron chi connectivity index (χ0n) is 17.3. The minimum Gasteiger partial charge on any atom is -0.508 e. The normalized spacial score (nSPS) is 10.8. The summed E-state index contributed by atoms with van der Waals surface area (Å²) < 4.78 is 6.07. The van der Waals surface area contributed by atoms with Crippen molar-refractivity contribution in [1.82, 2.24) is 0 Å². The number of amides is 2. The number of aromatic hydroxyl groups is 1. The van der Waals surface area contributed by atoms with Crippen LogP contribution >= 0.6 is 39.1 Å². The third-order valence-corrected chi connectivity index (χ3v) is 5.68. The molecule has 34 heavy (non-hydrogen) atoms. The van der Waals surface area contributed by atoms with Crippen LogP contribution in [0.25, 0.3) is 6.08 Å². The van der Waals surface area contributed by atoms with E-state index in [-0.39, 0.29) is 17.9 Å². The summed E-state index contributed by atoms with van der Waals surface area (Å²) in [4.78, 5) is 24.5. The van der Waals surface area contributed by atoms with Crippen LogP contribution in [0.2, 0.25) is 10.0 Å². The van der Waals surface area contributed by atoms with Gasteiger partial charge in [-0.05, 0) is 82.2 Å². The zero-order chi connectivity index (χ0) is 24.7. The summed E-state index contributed by atoms with van der Waals surface area (Å²) in [5, 5.41) is 24.7. The highest BCUT2D eigenvalue weighted by atomic mass is 79.9. The Hall–Kier alpha value is -3.51. The first-order valence-electron chi connectivity index (χ1n) is 9.64. The van der Waals surface area contributed by atoms with Crippen LogP contribution in [0.3, 0.4) is 0 Å². The van der Waals surface area contributed by atoms with Gasteiger partial charge in [0.05, 0.1) is 14.5 Å². The van der Waals surface area contributed by atoms with Gasteiger partial charge in [0.1, 0.15) is 23.1 Å². The number of carbonyl (C=O) groups is 2. The van der Waals surface area contributed by atoms with E-state index >= 15 is 0 Å². The summed E-state index contributed by atoms with van der Waals surface area (Å²) >= 11 is 15.2. The summed E-state index contributed by atoms with van der Waals surface area (Å²) in [5.74, 6) is -0.530. The number of nitrogens with one attached hydrogen (secondary N) is 2. The average molecular weight is 561 g/mol. The maximum Gasteiger partial charge on any atom is 0.266 e. The van der Waals surface area contributed by atoms with Gasteiger partial charge in [-0.25, -0.2) is 0 Å². The maximum absolute atomic E-state index is 12.4. The van der Waals surface area contributed by atoms with Gasteiger partial charge < -0.3 is 20.5 Å². The highest BCUT2D eigenvalue weighted by molar-refractivity contribution is 9.10. The second kappa shape index (κ2) is 11.6. The Bertz CT molecular complexity index is 1300. The smallest absolute Gasteiger partial charge is 0.266 e. The highest BCUT2D eigenvalue weighted by Crippen LogP contribution is 2.28. The van der Waals surface area contributed by atoms with Gasteiger partial charge in [-0.3, -0.25) is 9.59 Å². The van der Waals surface area contributed by atoms with E-state index < -0.39 is 11.8 Å². The molecule has 10 heteroatoms. The maximum atomic E-state index is 12.4. The molecule has 0 radical (unpaired) electrons. The summed E-state index contributed by atoms with van der Waals surface area (Å²) in [7, 11) is 0. The van der Waals surface area contributed by atoms with Crippen LogP contribution in [0.5, 0.6) is 11.5 Å². The van der Waals surface area contributed by atoms with Crippen LogP contribution in [0.4, 0.5) is 11.4 Å². The average Bonchev–Trinajstić information content (AvgIpc) is 2.80. The van der Waals surface area contributed by atoms with Crippen LogP contribution in [-0.4, -0.2) is 23.5 Å². The minimum absolute atomic E-state index is 0.0630. The van der Waals surface area contributed by atoms with E-state index in [1.54, 1.807) is 30.3 Å². The van der Waals surface area contributed by atoms with E-state index in [0.717, 1.165) is 0 Å². The largest absolute Gasteiger partial charge is 0.508 e. The molecule has 0 atom stereocenters. The van der Waals surface area contributed by atoms with E-state index in [0.29, 0.717) is 37.2 Å². The molecule has 0 heterocycles. The molecule has 0 aliphatic rings. The summed E-state index contributed by atoms with van der Waals surface area (Å²) in [6, 6.07) is 17.4. The van der Waals surface area contributed by atoms with Crippen molar-refractivity contribution in [2.45, 2.75) is 0 Å². The van der Waals surface area contributed by atoms with E-state index in [4.69, 9.17) is 27.9 Å². The van der Waals surface area contributed by atoms with E-state index in [2.05, 4.69) is 26.6 Å². The lowest BCUT2D eigenvalue weighted by Gasteiger charge is -2.10. The first-order valence-corrected chi connectivity index (χ1v) is 11.2. The number of nitrogens with zero attached hydrogens (tertiary/aromatic N) is 1. The molecule has 0 saturated heterocycles. The fourth-order valence-electron chi connectivity index (χ4n) is 2.70. The second-order valence-corrected chi connectivity index (χ2v) is 8.50. The highest BCUT2D eigenvalue weighted by Gasteiger charge is 2.12. The van der Waals surface area contributed by atoms with Crippen molar-refractivity contribution in [1.29, 1.82) is 5.26 Å². The van der Waals surface area contributed by atoms with Crippen LogP contribution in [0.15, 0.2) is 70.7 Å². The van der Waals surface area contributed by atoms with E-state index in [1.165, 1.54) is 36.4 Å². The van der Waals surface area contributed by atoms with Crippen LogP contribution in [0, 0.1) is 11.3 Å². The van der Waals surface area contributed by atoms with Gasteiger partial charge in [0.25, 0.3) is 11.8 Å². The molecular formula is C24H16BrCl2N3O4. The number of rotatable bonds is 7. The molecule has 0 aliphatic carbocycles. The molecule has 0 aliphatic heterocycles. The molecular weight excluding hydrogens is 545 g/mol. The van der Waals surface area contributed by atoms with Gasteiger partial charge in [0, 0.05) is 11.4 Å². The monoisotopic (exact) mass is 559 g/mol. The first-order chi connectivity index (χ1) is 16.2. The fraction of sp³-hybridized carbons (Fsp3) is 0.0417. The van der Waals surface area contributed by atoms with Crippen molar-refractivity contribution < 1.29 is 19.4 Å². The SMILES string of the molecule is N#C/C(=C\c1ccc(OCC(=O)Nc2ccc(Cl)c(Cl)c2)c(Br)c1)C(=O)Nc1ccc(O)cc1. The lowest BCUT2D eigenvalue weighted by Crippen LogP contribution is -2.20. The molecule has 0 aromatic heterocycles. The molecule has 0 spiro atoms. The Morgan fingerprint density at radius 1 is 1.00 bits per heavy atom. The number of hydrogen-bond acceptors (Lipinski definition) is 5. The molecule has 3 aromatic carbocycles. The predicted octanol–water partition coefficient (Wildman–Crippen LogP) is 6.02. The Kier molecular flexibility index (Phi) is 8.55. The molecule has 0 saturated carbocycles. The molecule has 7 nitrogen and oxygen atoms in total. The Morgan fingerprint density at radius 2 is 1.71 bits per heavy atom. The number of phenolic OH excluding ortho intramolecular Hbond substituents is 1. The Balaban J connectivity index is 1.62. The second-order valence-electron chi connectivity index (χ2n) is 6.83. The molecule has 0 bridgehead atoms. The third kappa shape index (κ3) is 6.99. The molecule has 3 N–H and O–H groups in total. The number of carbonyl (C=O) groups excluding carboxylic acids is 2. The quantitative estimate of drug-likeness (QED) is 0.186. The van der Waals surface area contributed by atoms with Crippen LogP contribution in [-0.2, 0) is 9.59 Å². The lowest BCUT2D eigenvalue weighted by molar-refractivity contribution is -0.118. The number of anilines is 2. The number of hydrogen-bond donors (Lipinski definition) is 3. The van der Waals surface area contributed by atoms with Crippen molar-refractivity contribution in [3.05, 3.63) is 86.3 Å². The summed E-state index contributed by atoms with van der Waals surface area (Å²) in [6.45, 7) is -0.257. The standard InChI is InChI=1S/C24H16BrCl2N3O4/c25-19-10-14(9-15(12-28)24(33)30-16-2-5-18(31)6-3-16)1-8-22(19)34-13-23(32)29-17-4-7-20(26)21(27)11-17/h1-11,31H,13H2,(H,29,32)(H,30,33)/b15-9+. The van der Waals surface area contributed by atoms with E-state index in [9.17, 15) is 20.0 Å². The first kappa shape index (κ1) is 25.1. The number of halogens is 3. The topological polar surface area (TPSA) is 111 Å². The number of nitriles is 1. The van der Waals surface area contributed by atoms with Gasteiger partial charge in [0.15, 0.2) is 6.61 Å². The van der Waals surface area contributed by atoms with Gasteiger partial charge in [-0.15, -0.1) is 0 Å². The minimum atomic E-state index is -0.594. The number of ether oxygens (including phenoxy) is 1. The van der Waals surface area contributed by atoms with Crippen LogP contribution in [0.1, 0.15) is 5.56 Å². The number of phenols is 1. The lowest BCUT2D eigenvalue weighted by atomic mass is 10.1. The third-order valence-electron chi connectivity index (χ3n) is 4.32. The van der Waals surface area contributed by atoms with Gasteiger partial charge in [-0.2, -0.15) is 5.26 Å². The number of benzene rings is 3. The fourth-order valence-corrected chi connectivity index (χ4v) is 3.51.